The Balaban J connectivity index is 1.62. The molecule has 1 saturated heterocycles. The molecule has 1 N–H and O–H groups in total. The highest BCUT2D eigenvalue weighted by Gasteiger charge is 2.28. The number of carbonyl (C=O) groups excluding carboxylic acids is 2. The molecule has 1 fully saturated rings. The van der Waals surface area contributed by atoms with Gasteiger partial charge in [-0.05, 0) is 44.1 Å². The molecular formula is C25H37NO4. The highest BCUT2D eigenvalue weighted by Crippen LogP contribution is 2.21. The number of carbonyl (C=O) groups is 2. The Hall–Kier alpha value is -2.14. The Labute approximate surface area is 181 Å². The summed E-state index contributed by atoms with van der Waals surface area (Å²) in [5.41, 5.74) is 1.34. The van der Waals surface area contributed by atoms with Crippen LogP contribution in [0.2, 0.25) is 0 Å². The summed E-state index contributed by atoms with van der Waals surface area (Å²) in [4.78, 5) is 25.2. The molecule has 0 aliphatic carbocycles. The SMILES string of the molecule is COC(=O)CCCCCCN1C(=O)CC[C@@H]1/C=C/[C@H](O)CCCCc1ccccc1. The molecule has 5 nitrogen and oxygen atoms in total. The summed E-state index contributed by atoms with van der Waals surface area (Å²) in [6.45, 7) is 0.749. The van der Waals surface area contributed by atoms with Crippen molar-refractivity contribution in [1.82, 2.24) is 4.90 Å². The highest BCUT2D eigenvalue weighted by molar-refractivity contribution is 5.79. The van der Waals surface area contributed by atoms with Crippen molar-refractivity contribution in [3.63, 3.8) is 0 Å². The molecule has 0 bridgehead atoms. The first-order valence-electron chi connectivity index (χ1n) is 11.4. The molecule has 1 aliphatic heterocycles. The highest BCUT2D eigenvalue weighted by atomic mass is 16.5. The van der Waals surface area contributed by atoms with E-state index in [9.17, 15) is 14.7 Å². The van der Waals surface area contributed by atoms with Gasteiger partial charge >= 0.3 is 5.97 Å². The van der Waals surface area contributed by atoms with Crippen LogP contribution < -0.4 is 0 Å². The van der Waals surface area contributed by atoms with Gasteiger partial charge in [0.2, 0.25) is 5.91 Å². The molecule has 5 heteroatoms. The van der Waals surface area contributed by atoms with Crippen molar-refractivity contribution >= 4 is 11.9 Å². The van der Waals surface area contributed by atoms with E-state index in [0.717, 1.165) is 64.3 Å². The van der Waals surface area contributed by atoms with E-state index in [2.05, 4.69) is 29.0 Å². The first-order valence-corrected chi connectivity index (χ1v) is 11.4. The fourth-order valence-electron chi connectivity index (χ4n) is 3.93. The largest absolute Gasteiger partial charge is 0.469 e. The molecule has 1 amide bonds. The number of aliphatic hydroxyl groups is 1. The van der Waals surface area contributed by atoms with Gasteiger partial charge < -0.3 is 14.7 Å². The molecule has 0 radical (unpaired) electrons. The predicted molar refractivity (Wildman–Crippen MR) is 119 cm³/mol. The Morgan fingerprint density at radius 3 is 2.70 bits per heavy atom. The van der Waals surface area contributed by atoms with Crippen LogP contribution in [0.4, 0.5) is 0 Å². The number of amides is 1. The number of unbranched alkanes of at least 4 members (excludes halogenated alkanes) is 4. The summed E-state index contributed by atoms with van der Waals surface area (Å²) in [7, 11) is 1.41. The molecule has 2 rings (SSSR count). The lowest BCUT2D eigenvalue weighted by atomic mass is 10.0. The van der Waals surface area contributed by atoms with Gasteiger partial charge in [-0.1, -0.05) is 61.7 Å². The Morgan fingerprint density at radius 1 is 1.17 bits per heavy atom. The molecule has 0 unspecified atom stereocenters. The maximum atomic E-state index is 12.2. The third-order valence-electron chi connectivity index (χ3n) is 5.75. The number of nitrogens with zero attached hydrogens (tertiary/aromatic N) is 1. The lowest BCUT2D eigenvalue weighted by Crippen LogP contribution is -2.32. The summed E-state index contributed by atoms with van der Waals surface area (Å²) in [5, 5.41) is 10.3. The minimum atomic E-state index is -0.448. The molecule has 0 aromatic heterocycles. The van der Waals surface area contributed by atoms with Gasteiger partial charge in [-0.15, -0.1) is 0 Å². The van der Waals surface area contributed by atoms with E-state index in [-0.39, 0.29) is 17.9 Å². The summed E-state index contributed by atoms with van der Waals surface area (Å²) < 4.78 is 4.64. The molecule has 1 aliphatic rings. The molecular weight excluding hydrogens is 378 g/mol. The average Bonchev–Trinajstić information content (AvgIpc) is 3.12. The molecule has 1 aromatic rings. The number of benzene rings is 1. The number of hydrogen-bond acceptors (Lipinski definition) is 4. The van der Waals surface area contributed by atoms with Gasteiger partial charge in [0, 0.05) is 19.4 Å². The van der Waals surface area contributed by atoms with Crippen molar-refractivity contribution in [2.45, 2.75) is 82.8 Å². The van der Waals surface area contributed by atoms with Crippen molar-refractivity contribution in [2.75, 3.05) is 13.7 Å². The van der Waals surface area contributed by atoms with Crippen molar-refractivity contribution in [3.05, 3.63) is 48.0 Å². The van der Waals surface area contributed by atoms with Crippen molar-refractivity contribution in [2.24, 2.45) is 0 Å². The van der Waals surface area contributed by atoms with E-state index in [1.165, 1.54) is 12.7 Å². The third kappa shape index (κ3) is 9.12. The minimum Gasteiger partial charge on any atom is -0.469 e. The van der Waals surface area contributed by atoms with E-state index in [1.54, 1.807) is 0 Å². The molecule has 30 heavy (non-hydrogen) atoms. The lowest BCUT2D eigenvalue weighted by molar-refractivity contribution is -0.140. The van der Waals surface area contributed by atoms with Gasteiger partial charge in [0.1, 0.15) is 0 Å². The van der Waals surface area contributed by atoms with Crippen LogP contribution in [-0.4, -0.2) is 47.7 Å². The van der Waals surface area contributed by atoms with Crippen LogP contribution in [0.25, 0.3) is 0 Å². The quantitative estimate of drug-likeness (QED) is 0.277. The van der Waals surface area contributed by atoms with E-state index in [4.69, 9.17) is 0 Å². The topological polar surface area (TPSA) is 66.8 Å². The van der Waals surface area contributed by atoms with E-state index < -0.39 is 6.10 Å². The third-order valence-corrected chi connectivity index (χ3v) is 5.75. The van der Waals surface area contributed by atoms with Crippen LogP contribution in [-0.2, 0) is 20.7 Å². The zero-order chi connectivity index (χ0) is 21.6. The lowest BCUT2D eigenvalue weighted by Gasteiger charge is -2.22. The Kier molecular flexibility index (Phi) is 11.2. The van der Waals surface area contributed by atoms with Crippen LogP contribution >= 0.6 is 0 Å². The Morgan fingerprint density at radius 2 is 1.93 bits per heavy atom. The second kappa shape index (κ2) is 14.0. The van der Waals surface area contributed by atoms with Crippen LogP contribution in [0, 0.1) is 0 Å². The first kappa shape index (κ1) is 24.1. The van der Waals surface area contributed by atoms with Crippen LogP contribution in [0.5, 0.6) is 0 Å². The fourth-order valence-corrected chi connectivity index (χ4v) is 3.93. The number of likely N-dealkylation sites (tertiary alicyclic amines) is 1. The normalized spacial score (nSPS) is 17.6. The maximum Gasteiger partial charge on any atom is 0.305 e. The molecule has 2 atom stereocenters. The Bertz CT molecular complexity index is 658. The number of rotatable bonds is 14. The molecule has 1 aromatic carbocycles. The number of hydrogen-bond donors (Lipinski definition) is 1. The van der Waals surface area contributed by atoms with Gasteiger partial charge in [0.05, 0.1) is 19.3 Å². The van der Waals surface area contributed by atoms with Crippen molar-refractivity contribution in [1.29, 1.82) is 0 Å². The second-order valence-electron chi connectivity index (χ2n) is 8.12. The van der Waals surface area contributed by atoms with Gasteiger partial charge in [-0.3, -0.25) is 9.59 Å². The number of aryl methyl sites for hydroxylation is 1. The minimum absolute atomic E-state index is 0.103. The average molecular weight is 416 g/mol. The number of ether oxygens (including phenoxy) is 1. The van der Waals surface area contributed by atoms with Gasteiger partial charge in [0.25, 0.3) is 0 Å². The summed E-state index contributed by atoms with van der Waals surface area (Å²) in [6, 6.07) is 10.5. The fraction of sp³-hybridized carbons (Fsp3) is 0.600. The first-order chi connectivity index (χ1) is 14.6. The van der Waals surface area contributed by atoms with E-state index >= 15 is 0 Å². The zero-order valence-electron chi connectivity index (χ0n) is 18.3. The summed E-state index contributed by atoms with van der Waals surface area (Å²) >= 11 is 0. The summed E-state index contributed by atoms with van der Waals surface area (Å²) in [6.07, 6.45) is 12.9. The number of esters is 1. The van der Waals surface area contributed by atoms with Crippen molar-refractivity contribution in [3.8, 4) is 0 Å². The van der Waals surface area contributed by atoms with Gasteiger partial charge in [-0.2, -0.15) is 0 Å². The van der Waals surface area contributed by atoms with E-state index in [1.807, 2.05) is 23.1 Å². The second-order valence-corrected chi connectivity index (χ2v) is 8.12. The van der Waals surface area contributed by atoms with Gasteiger partial charge in [-0.25, -0.2) is 0 Å². The smallest absolute Gasteiger partial charge is 0.305 e. The zero-order valence-corrected chi connectivity index (χ0v) is 18.3. The maximum absolute atomic E-state index is 12.2. The van der Waals surface area contributed by atoms with Crippen LogP contribution in [0.15, 0.2) is 42.5 Å². The number of methoxy groups -OCH3 is 1. The molecule has 1 heterocycles. The van der Waals surface area contributed by atoms with Crippen LogP contribution in [0.1, 0.15) is 69.8 Å². The van der Waals surface area contributed by atoms with Gasteiger partial charge in [0.15, 0.2) is 0 Å². The predicted octanol–water partition coefficient (Wildman–Crippen LogP) is 4.43. The summed E-state index contributed by atoms with van der Waals surface area (Å²) in [5.74, 6) is 0.0464. The molecule has 0 saturated carbocycles. The molecule has 0 spiro atoms. The van der Waals surface area contributed by atoms with Crippen molar-refractivity contribution < 1.29 is 19.4 Å². The monoisotopic (exact) mass is 415 g/mol. The van der Waals surface area contributed by atoms with E-state index in [0.29, 0.717) is 12.8 Å². The standard InChI is InChI=1S/C25H37NO4/c1-30-25(29)15-7-2-3-10-20-26-22(17-19-24(26)28)16-18-23(27)14-9-8-13-21-11-5-4-6-12-21/h4-6,11-12,16,18,22-23,27H,2-3,7-10,13-15,17,19-20H2,1H3/b18-16+/t22-,23+/m0/s1. The molecule has 166 valence electrons. The number of aliphatic hydroxyl groups excluding tert-OH is 1. The van der Waals surface area contributed by atoms with Crippen LogP contribution in [0.3, 0.4) is 0 Å².